The van der Waals surface area contributed by atoms with Crippen LogP contribution < -0.4 is 0 Å². The van der Waals surface area contributed by atoms with Crippen molar-refractivity contribution in [3.8, 4) is 0 Å². The second-order valence-corrected chi connectivity index (χ2v) is 1.85. The molecule has 0 spiro atoms. The van der Waals surface area contributed by atoms with Gasteiger partial charge >= 0.3 is 0 Å². The topological polar surface area (TPSA) is 20.3 Å². The number of hydrogen-bond acceptors (Lipinski definition) is 1. The van der Waals surface area contributed by atoms with Gasteiger partial charge in [0.25, 0.3) is 0 Å². The first kappa shape index (κ1) is 8.21. The van der Waals surface area contributed by atoms with E-state index in [1.807, 2.05) is 0 Å². The SMILES string of the molecule is C=C.O=CN1CCCC1. The quantitative estimate of drug-likeness (QED) is 0.380. The van der Waals surface area contributed by atoms with Gasteiger partial charge in [-0.1, -0.05) is 0 Å². The molecule has 0 radical (unpaired) electrons. The monoisotopic (exact) mass is 127 g/mol. The second-order valence-electron chi connectivity index (χ2n) is 1.85. The van der Waals surface area contributed by atoms with E-state index in [9.17, 15) is 4.79 Å². The zero-order valence-corrected chi connectivity index (χ0v) is 5.68. The van der Waals surface area contributed by atoms with Crippen molar-refractivity contribution in [3.63, 3.8) is 0 Å². The van der Waals surface area contributed by atoms with Crippen LogP contribution in [0.25, 0.3) is 0 Å². The van der Waals surface area contributed by atoms with Crippen LogP contribution in [0.4, 0.5) is 0 Å². The van der Waals surface area contributed by atoms with E-state index < -0.39 is 0 Å². The molecule has 0 atom stereocenters. The minimum absolute atomic E-state index is 0.924. The van der Waals surface area contributed by atoms with Gasteiger partial charge in [0.2, 0.25) is 6.41 Å². The maximum Gasteiger partial charge on any atom is 0.209 e. The van der Waals surface area contributed by atoms with Crippen molar-refractivity contribution in [2.75, 3.05) is 13.1 Å². The summed E-state index contributed by atoms with van der Waals surface area (Å²) in [6.07, 6.45) is 3.31. The molecule has 2 heteroatoms. The standard InChI is InChI=1S/C5H9NO.C2H4/c7-5-6-3-1-2-4-6;1-2/h5H,1-4H2;1-2H2. The van der Waals surface area contributed by atoms with E-state index in [-0.39, 0.29) is 0 Å². The number of nitrogens with zero attached hydrogens (tertiary/aromatic N) is 1. The molecule has 0 saturated carbocycles. The van der Waals surface area contributed by atoms with Gasteiger partial charge in [0.1, 0.15) is 0 Å². The van der Waals surface area contributed by atoms with Gasteiger partial charge in [0.05, 0.1) is 0 Å². The van der Waals surface area contributed by atoms with Crippen molar-refractivity contribution in [1.29, 1.82) is 0 Å². The second kappa shape index (κ2) is 5.35. The minimum atomic E-state index is 0.924. The third-order valence-electron chi connectivity index (χ3n) is 1.29. The molecule has 0 unspecified atom stereocenters. The smallest absolute Gasteiger partial charge is 0.209 e. The summed E-state index contributed by atoms with van der Waals surface area (Å²) in [6.45, 7) is 7.95. The van der Waals surface area contributed by atoms with E-state index >= 15 is 0 Å². The Bertz CT molecular complexity index is 77.0. The van der Waals surface area contributed by atoms with Crippen molar-refractivity contribution in [2.45, 2.75) is 12.8 Å². The van der Waals surface area contributed by atoms with Crippen molar-refractivity contribution < 1.29 is 4.79 Å². The lowest BCUT2D eigenvalue weighted by molar-refractivity contribution is -0.117. The van der Waals surface area contributed by atoms with Crippen LogP contribution in [-0.2, 0) is 4.79 Å². The Morgan fingerprint density at radius 1 is 1.22 bits per heavy atom. The molecule has 0 aromatic heterocycles. The van der Waals surface area contributed by atoms with E-state index in [0.717, 1.165) is 19.5 Å². The molecule has 1 rings (SSSR count). The molecule has 1 aliphatic rings. The maximum atomic E-state index is 9.93. The zero-order chi connectivity index (χ0) is 7.11. The molecule has 0 aromatic carbocycles. The highest BCUT2D eigenvalue weighted by Crippen LogP contribution is 2.02. The van der Waals surface area contributed by atoms with E-state index in [1.54, 1.807) is 4.90 Å². The summed E-state index contributed by atoms with van der Waals surface area (Å²) in [7, 11) is 0. The first-order valence-corrected chi connectivity index (χ1v) is 3.13. The third-order valence-corrected chi connectivity index (χ3v) is 1.29. The predicted molar refractivity (Wildman–Crippen MR) is 38.1 cm³/mol. The van der Waals surface area contributed by atoms with Crippen LogP contribution in [0.5, 0.6) is 0 Å². The summed E-state index contributed by atoms with van der Waals surface area (Å²) in [5.74, 6) is 0. The van der Waals surface area contributed by atoms with Gasteiger partial charge in [-0.25, -0.2) is 0 Å². The molecule has 9 heavy (non-hydrogen) atoms. The Labute approximate surface area is 56.2 Å². The third kappa shape index (κ3) is 2.90. The molecule has 1 saturated heterocycles. The van der Waals surface area contributed by atoms with Gasteiger partial charge in [-0.3, -0.25) is 4.79 Å². The van der Waals surface area contributed by atoms with Crippen LogP contribution in [0.15, 0.2) is 13.2 Å². The van der Waals surface area contributed by atoms with E-state index in [0.29, 0.717) is 0 Å². The summed E-state index contributed by atoms with van der Waals surface area (Å²) in [4.78, 5) is 11.7. The Hall–Kier alpha value is -0.790. The maximum absolute atomic E-state index is 9.93. The molecule has 1 amide bonds. The normalized spacial score (nSPS) is 16.2. The summed E-state index contributed by atoms with van der Waals surface area (Å²) >= 11 is 0. The molecule has 1 heterocycles. The molecule has 1 aliphatic heterocycles. The number of carbonyl (C=O) groups is 1. The van der Waals surface area contributed by atoms with Gasteiger partial charge in [-0.05, 0) is 12.8 Å². The lowest BCUT2D eigenvalue weighted by Gasteiger charge is -2.03. The van der Waals surface area contributed by atoms with E-state index in [1.165, 1.54) is 12.8 Å². The van der Waals surface area contributed by atoms with Crippen molar-refractivity contribution in [2.24, 2.45) is 0 Å². The van der Waals surface area contributed by atoms with Crippen molar-refractivity contribution >= 4 is 6.41 Å². The molecule has 52 valence electrons. The first-order chi connectivity index (χ1) is 4.43. The van der Waals surface area contributed by atoms with Crippen LogP contribution in [0.3, 0.4) is 0 Å². The lowest BCUT2D eigenvalue weighted by atomic mass is 10.4. The lowest BCUT2D eigenvalue weighted by Crippen LogP contribution is -2.15. The summed E-state index contributed by atoms with van der Waals surface area (Å²) < 4.78 is 0. The van der Waals surface area contributed by atoms with E-state index in [2.05, 4.69) is 13.2 Å². The largest absolute Gasteiger partial charge is 0.345 e. The number of amides is 1. The van der Waals surface area contributed by atoms with Crippen molar-refractivity contribution in [1.82, 2.24) is 4.90 Å². The molecular weight excluding hydrogens is 114 g/mol. The van der Waals surface area contributed by atoms with Crippen LogP contribution in [0.1, 0.15) is 12.8 Å². The summed E-state index contributed by atoms with van der Waals surface area (Å²) in [5, 5.41) is 0. The van der Waals surface area contributed by atoms with Crippen molar-refractivity contribution in [3.05, 3.63) is 13.2 Å². The highest BCUT2D eigenvalue weighted by Gasteiger charge is 2.06. The number of rotatable bonds is 1. The highest BCUT2D eigenvalue weighted by atomic mass is 16.1. The zero-order valence-electron chi connectivity index (χ0n) is 5.68. The fraction of sp³-hybridized carbons (Fsp3) is 0.571. The number of carbonyl (C=O) groups excluding carboxylic acids is 1. The number of hydrogen-bond donors (Lipinski definition) is 0. The molecule has 1 fully saturated rings. The minimum Gasteiger partial charge on any atom is -0.345 e. The fourth-order valence-electron chi connectivity index (χ4n) is 0.847. The van der Waals surface area contributed by atoms with Crippen LogP contribution in [0, 0.1) is 0 Å². The first-order valence-electron chi connectivity index (χ1n) is 3.13. The molecule has 0 N–H and O–H groups in total. The molecular formula is C7H13NO. The van der Waals surface area contributed by atoms with Gasteiger partial charge in [-0.15, -0.1) is 13.2 Å². The van der Waals surface area contributed by atoms with Crippen LogP contribution >= 0.6 is 0 Å². The Morgan fingerprint density at radius 2 is 1.67 bits per heavy atom. The summed E-state index contributed by atoms with van der Waals surface area (Å²) in [5.41, 5.74) is 0. The van der Waals surface area contributed by atoms with Gasteiger partial charge in [0.15, 0.2) is 0 Å². The highest BCUT2D eigenvalue weighted by molar-refractivity contribution is 5.47. The van der Waals surface area contributed by atoms with E-state index in [4.69, 9.17) is 0 Å². The molecule has 0 aliphatic carbocycles. The van der Waals surface area contributed by atoms with Crippen LogP contribution in [-0.4, -0.2) is 24.4 Å². The average Bonchev–Trinajstić information content (AvgIpc) is 2.43. The molecule has 0 aromatic rings. The number of likely N-dealkylation sites (tertiary alicyclic amines) is 1. The average molecular weight is 127 g/mol. The fourth-order valence-corrected chi connectivity index (χ4v) is 0.847. The Kier molecular flexibility index (Phi) is 4.88. The predicted octanol–water partition coefficient (Wildman–Crippen LogP) is 1.04. The summed E-state index contributed by atoms with van der Waals surface area (Å²) in [6, 6.07) is 0. The Balaban J connectivity index is 0.000000291. The van der Waals surface area contributed by atoms with Gasteiger partial charge < -0.3 is 4.90 Å². The van der Waals surface area contributed by atoms with Gasteiger partial charge in [-0.2, -0.15) is 0 Å². The van der Waals surface area contributed by atoms with Gasteiger partial charge in [0, 0.05) is 13.1 Å². The van der Waals surface area contributed by atoms with Crippen LogP contribution in [0.2, 0.25) is 0 Å². The Morgan fingerprint density at radius 3 is 1.89 bits per heavy atom. The molecule has 0 bridgehead atoms. The molecule has 2 nitrogen and oxygen atoms in total.